The van der Waals surface area contributed by atoms with Crippen molar-refractivity contribution in [3.8, 4) is 0 Å². The third kappa shape index (κ3) is 2.99. The molecule has 94 valence electrons. The molecule has 0 atom stereocenters. The van der Waals surface area contributed by atoms with Gasteiger partial charge >= 0.3 is 6.18 Å². The molecule has 1 aromatic rings. The summed E-state index contributed by atoms with van der Waals surface area (Å²) in [6.07, 6.45) is -1.82. The molecule has 1 fully saturated rings. The first-order valence-corrected chi connectivity index (χ1v) is 5.74. The summed E-state index contributed by atoms with van der Waals surface area (Å²) in [5, 5.41) is 0. The molecule has 0 radical (unpaired) electrons. The van der Waals surface area contributed by atoms with Crippen molar-refractivity contribution in [2.24, 2.45) is 0 Å². The van der Waals surface area contributed by atoms with Gasteiger partial charge in [0.2, 0.25) is 0 Å². The first-order valence-electron chi connectivity index (χ1n) is 4.95. The molecule has 0 unspecified atom stereocenters. The van der Waals surface area contributed by atoms with Crippen LogP contribution >= 0.6 is 15.9 Å². The Labute approximate surface area is 103 Å². The highest BCUT2D eigenvalue weighted by Crippen LogP contribution is 2.35. The number of nitrogens with one attached hydrogen (secondary N) is 1. The highest BCUT2D eigenvalue weighted by Gasteiger charge is 2.39. The van der Waals surface area contributed by atoms with Crippen LogP contribution in [0.15, 0.2) is 15.6 Å². The first kappa shape index (κ1) is 12.4. The number of hydrogen-bond acceptors (Lipinski definition) is 3. The number of aromatic amines is 1. The van der Waals surface area contributed by atoms with Gasteiger partial charge in [-0.15, -0.1) is 0 Å². The van der Waals surface area contributed by atoms with Gasteiger partial charge in [-0.1, -0.05) is 0 Å². The van der Waals surface area contributed by atoms with Gasteiger partial charge < -0.3 is 9.88 Å². The maximum absolute atomic E-state index is 12.4. The first-order chi connectivity index (χ1) is 7.88. The van der Waals surface area contributed by atoms with Gasteiger partial charge in [0.05, 0.1) is 6.33 Å². The van der Waals surface area contributed by atoms with E-state index < -0.39 is 18.3 Å². The summed E-state index contributed by atoms with van der Waals surface area (Å²) in [4.78, 5) is 18.5. The molecule has 4 nitrogen and oxygen atoms in total. The summed E-state index contributed by atoms with van der Waals surface area (Å²) in [7, 11) is 0. The van der Waals surface area contributed by atoms with Crippen molar-refractivity contribution in [2.45, 2.75) is 25.1 Å². The van der Waals surface area contributed by atoms with Gasteiger partial charge in [0.1, 0.15) is 11.0 Å². The highest BCUT2D eigenvalue weighted by molar-refractivity contribution is 9.10. The summed E-state index contributed by atoms with van der Waals surface area (Å²) in [5.41, 5.74) is -0.483. The van der Waals surface area contributed by atoms with Crippen LogP contribution in [0.5, 0.6) is 0 Å². The van der Waals surface area contributed by atoms with Crippen molar-refractivity contribution in [1.82, 2.24) is 9.97 Å². The fourth-order valence-corrected chi connectivity index (χ4v) is 1.97. The van der Waals surface area contributed by atoms with Gasteiger partial charge in [0, 0.05) is 6.04 Å². The van der Waals surface area contributed by atoms with Crippen molar-refractivity contribution >= 4 is 21.7 Å². The van der Waals surface area contributed by atoms with Crippen molar-refractivity contribution in [2.75, 3.05) is 11.4 Å². The third-order valence-corrected chi connectivity index (χ3v) is 3.10. The number of anilines is 1. The Morgan fingerprint density at radius 1 is 1.53 bits per heavy atom. The van der Waals surface area contributed by atoms with E-state index in [1.54, 1.807) is 0 Å². The number of H-pyrrole nitrogens is 1. The number of halogens is 4. The number of alkyl halides is 3. The van der Waals surface area contributed by atoms with E-state index in [-0.39, 0.29) is 16.3 Å². The van der Waals surface area contributed by atoms with E-state index in [0.29, 0.717) is 12.8 Å². The van der Waals surface area contributed by atoms with Crippen LogP contribution in [0.4, 0.5) is 19.0 Å². The largest absolute Gasteiger partial charge is 0.405 e. The van der Waals surface area contributed by atoms with Gasteiger partial charge in [-0.05, 0) is 28.8 Å². The molecule has 1 saturated carbocycles. The Morgan fingerprint density at radius 2 is 2.18 bits per heavy atom. The summed E-state index contributed by atoms with van der Waals surface area (Å²) in [6, 6.07) is -0.178. The summed E-state index contributed by atoms with van der Waals surface area (Å²) in [5.74, 6) is 0.0496. The Hall–Kier alpha value is -1.05. The number of nitrogens with zero attached hydrogens (tertiary/aromatic N) is 2. The molecule has 1 N–H and O–H groups in total. The highest BCUT2D eigenvalue weighted by atomic mass is 79.9. The SMILES string of the molecule is O=c1[nH]cnc(N(CC(F)(F)F)C2CC2)c1Br. The molecule has 1 aromatic heterocycles. The molecule has 1 heterocycles. The predicted octanol–water partition coefficient (Wildman–Crippen LogP) is 2.06. The third-order valence-electron chi connectivity index (χ3n) is 2.39. The van der Waals surface area contributed by atoms with Crippen molar-refractivity contribution in [3.63, 3.8) is 0 Å². The summed E-state index contributed by atoms with van der Waals surface area (Å²) in [6.45, 7) is -1.09. The summed E-state index contributed by atoms with van der Waals surface area (Å²) >= 11 is 2.97. The lowest BCUT2D eigenvalue weighted by Gasteiger charge is -2.25. The topological polar surface area (TPSA) is 49.0 Å². The van der Waals surface area contributed by atoms with Crippen LogP contribution in [0.3, 0.4) is 0 Å². The van der Waals surface area contributed by atoms with Crippen LogP contribution in [0.2, 0.25) is 0 Å². The van der Waals surface area contributed by atoms with Crippen LogP contribution < -0.4 is 10.5 Å². The molecule has 0 spiro atoms. The van der Waals surface area contributed by atoms with Crippen LogP contribution in [0, 0.1) is 0 Å². The van der Waals surface area contributed by atoms with Gasteiger partial charge in [-0.3, -0.25) is 4.79 Å². The fraction of sp³-hybridized carbons (Fsp3) is 0.556. The second-order valence-electron chi connectivity index (χ2n) is 3.84. The molecule has 0 amide bonds. The minimum absolute atomic E-state index is 0.0381. The molecule has 1 aliphatic carbocycles. The lowest BCUT2D eigenvalue weighted by Crippen LogP contribution is -2.37. The standard InChI is InChI=1S/C9H9BrF3N3O/c10-6-7(14-4-15-8(6)17)16(5-1-2-5)3-9(11,12)13/h4-5H,1-3H2,(H,14,15,17). The van der Waals surface area contributed by atoms with E-state index in [2.05, 4.69) is 25.9 Å². The van der Waals surface area contributed by atoms with Gasteiger partial charge in [0.25, 0.3) is 5.56 Å². The maximum Gasteiger partial charge on any atom is 0.405 e. The smallest absolute Gasteiger partial charge is 0.343 e. The number of aromatic nitrogens is 2. The zero-order chi connectivity index (χ0) is 12.6. The Morgan fingerprint density at radius 3 is 2.71 bits per heavy atom. The zero-order valence-electron chi connectivity index (χ0n) is 8.59. The average Bonchev–Trinajstić information content (AvgIpc) is 3.01. The van der Waals surface area contributed by atoms with E-state index >= 15 is 0 Å². The normalized spacial score (nSPS) is 16.0. The van der Waals surface area contributed by atoms with E-state index in [1.165, 1.54) is 0 Å². The average molecular weight is 312 g/mol. The van der Waals surface area contributed by atoms with Crippen LogP contribution in [0.1, 0.15) is 12.8 Å². The minimum Gasteiger partial charge on any atom is -0.343 e. The van der Waals surface area contributed by atoms with Crippen molar-refractivity contribution in [1.29, 1.82) is 0 Å². The maximum atomic E-state index is 12.4. The van der Waals surface area contributed by atoms with Gasteiger partial charge in [-0.2, -0.15) is 13.2 Å². The lowest BCUT2D eigenvalue weighted by molar-refractivity contribution is -0.120. The molecule has 2 rings (SSSR count). The molecule has 1 aliphatic rings. The van der Waals surface area contributed by atoms with Crippen molar-refractivity contribution in [3.05, 3.63) is 21.2 Å². The molecule has 0 bridgehead atoms. The Bertz CT molecular complexity index is 469. The lowest BCUT2D eigenvalue weighted by atomic mass is 10.4. The predicted molar refractivity (Wildman–Crippen MR) is 59.0 cm³/mol. The van der Waals surface area contributed by atoms with E-state index in [1.807, 2.05) is 0 Å². The number of rotatable bonds is 3. The molecular weight excluding hydrogens is 303 g/mol. The second-order valence-corrected chi connectivity index (χ2v) is 4.64. The van der Waals surface area contributed by atoms with E-state index in [9.17, 15) is 18.0 Å². The molecular formula is C9H9BrF3N3O. The second kappa shape index (κ2) is 4.32. The Kier molecular flexibility index (Phi) is 3.15. The van der Waals surface area contributed by atoms with Crippen LogP contribution in [-0.4, -0.2) is 28.7 Å². The van der Waals surface area contributed by atoms with Crippen LogP contribution in [-0.2, 0) is 0 Å². The van der Waals surface area contributed by atoms with Gasteiger partial charge in [-0.25, -0.2) is 4.98 Å². The zero-order valence-corrected chi connectivity index (χ0v) is 10.2. The van der Waals surface area contributed by atoms with E-state index in [4.69, 9.17) is 0 Å². The van der Waals surface area contributed by atoms with Gasteiger partial charge in [0.15, 0.2) is 5.82 Å². The molecule has 0 aliphatic heterocycles. The Balaban J connectivity index is 2.33. The van der Waals surface area contributed by atoms with E-state index in [0.717, 1.165) is 11.2 Å². The molecule has 17 heavy (non-hydrogen) atoms. The number of hydrogen-bond donors (Lipinski definition) is 1. The monoisotopic (exact) mass is 311 g/mol. The molecule has 8 heteroatoms. The quantitative estimate of drug-likeness (QED) is 0.929. The minimum atomic E-state index is -4.31. The summed E-state index contributed by atoms with van der Waals surface area (Å²) < 4.78 is 37.4. The van der Waals surface area contributed by atoms with Crippen LogP contribution in [0.25, 0.3) is 0 Å². The fourth-order valence-electron chi connectivity index (χ4n) is 1.53. The van der Waals surface area contributed by atoms with Crippen molar-refractivity contribution < 1.29 is 13.2 Å². The molecule has 0 saturated heterocycles. The molecule has 0 aromatic carbocycles.